The van der Waals surface area contributed by atoms with Crippen LogP contribution in [0.15, 0.2) is 30.5 Å². The lowest BCUT2D eigenvalue weighted by Crippen LogP contribution is -2.35. The van der Waals surface area contributed by atoms with Crippen molar-refractivity contribution in [2.45, 2.75) is 19.4 Å². The van der Waals surface area contributed by atoms with Gasteiger partial charge >= 0.3 is 0 Å². The number of aromatic nitrogens is 2. The first-order chi connectivity index (χ1) is 14.2. The zero-order valence-corrected chi connectivity index (χ0v) is 16.2. The molecule has 1 aliphatic rings. The second-order valence-electron chi connectivity index (χ2n) is 6.71. The number of nitrogens with one attached hydrogen (secondary N) is 3. The molecule has 9 heteroatoms. The number of phenolic OH excluding ortho intramolecular Hbond substituents is 1. The van der Waals surface area contributed by atoms with E-state index in [1.165, 1.54) is 6.20 Å². The van der Waals surface area contributed by atoms with E-state index in [0.717, 1.165) is 32.6 Å². The third-order valence-corrected chi connectivity index (χ3v) is 4.66. The van der Waals surface area contributed by atoms with Gasteiger partial charge in [0.1, 0.15) is 23.2 Å². The summed E-state index contributed by atoms with van der Waals surface area (Å²) in [6.45, 7) is 3.97. The fourth-order valence-corrected chi connectivity index (χ4v) is 3.06. The minimum absolute atomic E-state index is 0.0895. The fourth-order valence-electron chi connectivity index (χ4n) is 3.06. The number of para-hydroxylation sites is 1. The van der Waals surface area contributed by atoms with Gasteiger partial charge in [0.15, 0.2) is 0 Å². The van der Waals surface area contributed by atoms with Crippen molar-refractivity contribution < 1.29 is 9.90 Å². The van der Waals surface area contributed by atoms with Crippen molar-refractivity contribution in [2.24, 2.45) is 0 Å². The summed E-state index contributed by atoms with van der Waals surface area (Å²) in [5, 5.41) is 28.5. The second-order valence-corrected chi connectivity index (χ2v) is 6.71. The van der Waals surface area contributed by atoms with E-state index in [1.807, 2.05) is 11.0 Å². The summed E-state index contributed by atoms with van der Waals surface area (Å²) in [6.07, 6.45) is 2.72. The van der Waals surface area contributed by atoms with E-state index < -0.39 is 0 Å². The highest BCUT2D eigenvalue weighted by atomic mass is 16.3. The Morgan fingerprint density at radius 2 is 2.14 bits per heavy atom. The maximum Gasteiger partial charge on any atom is 0.224 e. The van der Waals surface area contributed by atoms with Crippen LogP contribution < -0.4 is 16.0 Å². The quantitative estimate of drug-likeness (QED) is 0.552. The third-order valence-electron chi connectivity index (χ3n) is 4.66. The van der Waals surface area contributed by atoms with E-state index in [4.69, 9.17) is 0 Å². The maximum absolute atomic E-state index is 12.4. The number of carbonyl (C=O) groups excluding carboxylic acids is 1. The molecule has 2 heterocycles. The Morgan fingerprint density at radius 1 is 1.28 bits per heavy atom. The molecule has 2 aromatic rings. The first kappa shape index (κ1) is 20.4. The molecule has 152 valence electrons. The third kappa shape index (κ3) is 5.80. The summed E-state index contributed by atoms with van der Waals surface area (Å²) in [5.41, 5.74) is 1.03. The molecule has 0 radical (unpaired) electrons. The Balaban J connectivity index is 1.56. The molecule has 0 saturated carbocycles. The number of carbonyl (C=O) groups is 1. The lowest BCUT2D eigenvalue weighted by Gasteiger charge is -2.20. The normalized spacial score (nSPS) is 14.0. The van der Waals surface area contributed by atoms with Crippen molar-refractivity contribution in [3.8, 4) is 11.8 Å². The number of anilines is 2. The average Bonchev–Trinajstić information content (AvgIpc) is 3.03. The molecule has 29 heavy (non-hydrogen) atoms. The van der Waals surface area contributed by atoms with Gasteiger partial charge in [0.2, 0.25) is 11.9 Å². The van der Waals surface area contributed by atoms with Gasteiger partial charge in [-0.2, -0.15) is 10.2 Å². The molecule has 4 N–H and O–H groups in total. The zero-order chi connectivity index (χ0) is 20.5. The molecule has 1 amide bonds. The zero-order valence-electron chi connectivity index (χ0n) is 16.2. The smallest absolute Gasteiger partial charge is 0.224 e. The maximum atomic E-state index is 12.4. The van der Waals surface area contributed by atoms with E-state index in [-0.39, 0.29) is 11.7 Å². The number of hydrogen-bond acceptors (Lipinski definition) is 8. The fraction of sp³-hybridized carbons (Fsp3) is 0.400. The summed E-state index contributed by atoms with van der Waals surface area (Å²) >= 11 is 0. The predicted molar refractivity (Wildman–Crippen MR) is 109 cm³/mol. The summed E-state index contributed by atoms with van der Waals surface area (Å²) in [4.78, 5) is 22.7. The molecule has 0 unspecified atom stereocenters. The minimum Gasteiger partial charge on any atom is -0.508 e. The minimum atomic E-state index is 0.0895. The molecule has 9 nitrogen and oxygen atoms in total. The van der Waals surface area contributed by atoms with Crippen molar-refractivity contribution in [2.75, 3.05) is 43.4 Å². The first-order valence-electron chi connectivity index (χ1n) is 9.67. The van der Waals surface area contributed by atoms with Crippen molar-refractivity contribution >= 4 is 17.7 Å². The lowest BCUT2D eigenvalue weighted by atomic mass is 10.2. The van der Waals surface area contributed by atoms with Gasteiger partial charge in [0.25, 0.3) is 0 Å². The van der Waals surface area contributed by atoms with E-state index in [0.29, 0.717) is 42.4 Å². The van der Waals surface area contributed by atoms with Crippen LogP contribution in [0.25, 0.3) is 0 Å². The van der Waals surface area contributed by atoms with Gasteiger partial charge in [-0.3, -0.25) is 4.79 Å². The summed E-state index contributed by atoms with van der Waals surface area (Å²) in [5.74, 6) is 0.994. The number of phenols is 1. The van der Waals surface area contributed by atoms with Crippen LogP contribution in [-0.2, 0) is 11.3 Å². The summed E-state index contributed by atoms with van der Waals surface area (Å²) in [6, 6.07) is 9.06. The van der Waals surface area contributed by atoms with Crippen LogP contribution in [0.4, 0.5) is 11.8 Å². The van der Waals surface area contributed by atoms with E-state index in [1.54, 1.807) is 18.2 Å². The number of nitriles is 1. The van der Waals surface area contributed by atoms with E-state index in [2.05, 4.69) is 32.0 Å². The lowest BCUT2D eigenvalue weighted by molar-refractivity contribution is -0.130. The van der Waals surface area contributed by atoms with Crippen molar-refractivity contribution in [3.05, 3.63) is 41.6 Å². The molecule has 0 spiro atoms. The number of rotatable bonds is 7. The molecule has 1 aromatic heterocycles. The number of amides is 1. The van der Waals surface area contributed by atoms with Crippen LogP contribution in [0.1, 0.15) is 24.0 Å². The van der Waals surface area contributed by atoms with Crippen LogP contribution in [0.3, 0.4) is 0 Å². The molecule has 0 bridgehead atoms. The first-order valence-corrected chi connectivity index (χ1v) is 9.67. The molecule has 0 aliphatic carbocycles. The highest BCUT2D eigenvalue weighted by Gasteiger charge is 2.15. The Hall–Kier alpha value is -3.38. The average molecular weight is 395 g/mol. The highest BCUT2D eigenvalue weighted by Crippen LogP contribution is 2.18. The number of nitrogens with zero attached hydrogens (tertiary/aromatic N) is 4. The molecule has 3 rings (SSSR count). The molecular formula is C20H25N7O2. The summed E-state index contributed by atoms with van der Waals surface area (Å²) in [7, 11) is 0. The topological polar surface area (TPSA) is 126 Å². The van der Waals surface area contributed by atoms with Gasteiger partial charge < -0.3 is 26.0 Å². The van der Waals surface area contributed by atoms with Gasteiger partial charge in [-0.1, -0.05) is 18.2 Å². The van der Waals surface area contributed by atoms with Crippen molar-refractivity contribution in [1.82, 2.24) is 20.2 Å². The standard InChI is InChI=1S/C20H25N7O2/c21-12-16-14-25-20(24-13-15-4-1-2-5-17(15)28)26-19(16)23-8-6-18(29)27-10-3-7-22-9-11-27/h1-2,4-5,14,22,28H,3,6-11,13H2,(H2,23,24,25,26). The van der Waals surface area contributed by atoms with Crippen LogP contribution >= 0.6 is 0 Å². The largest absolute Gasteiger partial charge is 0.508 e. The van der Waals surface area contributed by atoms with Gasteiger partial charge in [0.05, 0.1) is 6.20 Å². The van der Waals surface area contributed by atoms with Gasteiger partial charge in [-0.25, -0.2) is 4.98 Å². The molecular weight excluding hydrogens is 370 g/mol. The number of benzene rings is 1. The van der Waals surface area contributed by atoms with Gasteiger partial charge in [0, 0.05) is 44.7 Å². The van der Waals surface area contributed by atoms with E-state index >= 15 is 0 Å². The number of aromatic hydroxyl groups is 1. The van der Waals surface area contributed by atoms with Crippen molar-refractivity contribution in [3.63, 3.8) is 0 Å². The molecule has 1 aromatic carbocycles. The van der Waals surface area contributed by atoms with Crippen LogP contribution in [0, 0.1) is 11.3 Å². The van der Waals surface area contributed by atoms with Crippen LogP contribution in [0.2, 0.25) is 0 Å². The van der Waals surface area contributed by atoms with Crippen LogP contribution in [-0.4, -0.2) is 58.6 Å². The Morgan fingerprint density at radius 3 is 2.97 bits per heavy atom. The highest BCUT2D eigenvalue weighted by molar-refractivity contribution is 5.76. The summed E-state index contributed by atoms with van der Waals surface area (Å²) < 4.78 is 0. The second kappa shape index (κ2) is 10.2. The molecule has 0 atom stereocenters. The van der Waals surface area contributed by atoms with E-state index in [9.17, 15) is 15.2 Å². The Labute approximate surface area is 169 Å². The van der Waals surface area contributed by atoms with Crippen molar-refractivity contribution in [1.29, 1.82) is 5.26 Å². The molecule has 1 saturated heterocycles. The Kier molecular flexibility index (Phi) is 7.19. The molecule has 1 fully saturated rings. The predicted octanol–water partition coefficient (Wildman–Crippen LogP) is 1.29. The monoisotopic (exact) mass is 395 g/mol. The Bertz CT molecular complexity index is 873. The van der Waals surface area contributed by atoms with Gasteiger partial charge in [-0.15, -0.1) is 0 Å². The SMILES string of the molecule is N#Cc1cnc(NCc2ccccc2O)nc1NCCC(=O)N1CCCNCC1. The molecule has 1 aliphatic heterocycles. The number of hydrogen-bond donors (Lipinski definition) is 4. The van der Waals surface area contributed by atoms with Gasteiger partial charge in [-0.05, 0) is 19.0 Å². The van der Waals surface area contributed by atoms with Crippen LogP contribution in [0.5, 0.6) is 5.75 Å².